The monoisotopic (exact) mass is 342 g/mol. The maximum atomic E-state index is 13.5. The molecule has 2 heterocycles. The fourth-order valence-corrected chi connectivity index (χ4v) is 3.70. The summed E-state index contributed by atoms with van der Waals surface area (Å²) in [6.45, 7) is 3.91. The third kappa shape index (κ3) is 3.60. The first-order valence-corrected chi connectivity index (χ1v) is 7.99. The van der Waals surface area contributed by atoms with Crippen molar-refractivity contribution in [1.29, 1.82) is 0 Å². The molecule has 1 fully saturated rings. The fourth-order valence-electron chi connectivity index (χ4n) is 2.83. The summed E-state index contributed by atoms with van der Waals surface area (Å²) in [5.74, 6) is 0.354. The Morgan fingerprint density at radius 3 is 2.68 bits per heavy atom. The lowest BCUT2D eigenvalue weighted by molar-refractivity contribution is 0.197. The number of rotatable bonds is 4. The van der Waals surface area contributed by atoms with E-state index in [4.69, 9.17) is 4.74 Å². The Bertz CT molecular complexity index is 588. The molecule has 0 radical (unpaired) electrons. The molecule has 0 bridgehead atoms. The normalized spacial score (nSPS) is 16.8. The fraction of sp³-hybridized carbons (Fsp3) is 0.375. The highest BCUT2D eigenvalue weighted by Gasteiger charge is 2.27. The second kappa shape index (κ2) is 7.92. The zero-order valence-corrected chi connectivity index (χ0v) is 14.1. The van der Waals surface area contributed by atoms with E-state index < -0.39 is 0 Å². The molecule has 0 unspecified atom stereocenters. The van der Waals surface area contributed by atoms with Crippen molar-refractivity contribution in [3.8, 4) is 5.75 Å². The number of nitrogens with one attached hydrogen (secondary N) is 1. The van der Waals surface area contributed by atoms with Crippen LogP contribution >= 0.6 is 23.7 Å². The topological polar surface area (TPSA) is 24.5 Å². The Kier molecular flexibility index (Phi) is 6.20. The number of thiophene rings is 1. The first-order chi connectivity index (χ1) is 10.3. The number of benzene rings is 1. The molecular weight excluding hydrogens is 323 g/mol. The zero-order chi connectivity index (χ0) is 14.7. The smallest absolute Gasteiger partial charge is 0.126 e. The molecule has 3 rings (SSSR count). The van der Waals surface area contributed by atoms with Crippen LogP contribution in [0.3, 0.4) is 0 Å². The van der Waals surface area contributed by atoms with E-state index >= 15 is 0 Å². The van der Waals surface area contributed by atoms with Gasteiger partial charge in [0, 0.05) is 42.7 Å². The molecule has 3 nitrogen and oxygen atoms in total. The molecule has 120 valence electrons. The average molecular weight is 343 g/mol. The van der Waals surface area contributed by atoms with Gasteiger partial charge in [0.2, 0.25) is 0 Å². The number of ether oxygens (including phenoxy) is 1. The van der Waals surface area contributed by atoms with Gasteiger partial charge in [-0.2, -0.15) is 0 Å². The minimum atomic E-state index is -0.263. The second-order valence-electron chi connectivity index (χ2n) is 5.09. The van der Waals surface area contributed by atoms with Crippen LogP contribution in [0.25, 0.3) is 0 Å². The number of piperazine rings is 1. The van der Waals surface area contributed by atoms with Gasteiger partial charge in [-0.1, -0.05) is 12.1 Å². The third-order valence-corrected chi connectivity index (χ3v) is 4.74. The molecule has 1 N–H and O–H groups in total. The molecule has 0 saturated carbocycles. The minimum absolute atomic E-state index is 0. The molecule has 0 aliphatic carbocycles. The molecule has 22 heavy (non-hydrogen) atoms. The van der Waals surface area contributed by atoms with Crippen molar-refractivity contribution in [1.82, 2.24) is 10.2 Å². The van der Waals surface area contributed by atoms with Crippen LogP contribution in [0.15, 0.2) is 35.7 Å². The predicted octanol–water partition coefficient (Wildman–Crippen LogP) is 3.31. The van der Waals surface area contributed by atoms with Crippen LogP contribution in [-0.4, -0.2) is 38.2 Å². The molecule has 1 aromatic heterocycles. The summed E-state index contributed by atoms with van der Waals surface area (Å²) in [6, 6.07) is 9.16. The summed E-state index contributed by atoms with van der Waals surface area (Å²) in [5.41, 5.74) is 1.03. The van der Waals surface area contributed by atoms with Gasteiger partial charge in [0.15, 0.2) is 0 Å². The Morgan fingerprint density at radius 1 is 1.27 bits per heavy atom. The van der Waals surface area contributed by atoms with Crippen LogP contribution in [0.2, 0.25) is 0 Å². The van der Waals surface area contributed by atoms with Crippen LogP contribution in [0.4, 0.5) is 4.39 Å². The van der Waals surface area contributed by atoms with E-state index in [0.717, 1.165) is 31.7 Å². The van der Waals surface area contributed by atoms with E-state index in [1.807, 2.05) is 6.07 Å². The summed E-state index contributed by atoms with van der Waals surface area (Å²) in [4.78, 5) is 3.69. The van der Waals surface area contributed by atoms with E-state index in [1.165, 1.54) is 17.0 Å². The van der Waals surface area contributed by atoms with Crippen LogP contribution in [0, 0.1) is 5.82 Å². The summed E-state index contributed by atoms with van der Waals surface area (Å²) < 4.78 is 18.9. The molecule has 1 aromatic carbocycles. The maximum Gasteiger partial charge on any atom is 0.126 e. The molecule has 0 amide bonds. The van der Waals surface area contributed by atoms with Crippen molar-refractivity contribution in [3.63, 3.8) is 0 Å². The van der Waals surface area contributed by atoms with Gasteiger partial charge in [0.25, 0.3) is 0 Å². The van der Waals surface area contributed by atoms with E-state index in [2.05, 4.69) is 27.7 Å². The van der Waals surface area contributed by atoms with Gasteiger partial charge in [0.05, 0.1) is 13.2 Å². The predicted molar refractivity (Wildman–Crippen MR) is 90.8 cm³/mol. The number of hydrogen-bond donors (Lipinski definition) is 1. The van der Waals surface area contributed by atoms with E-state index in [1.54, 1.807) is 18.4 Å². The SMILES string of the molecule is COc1cc(F)ccc1[C@H](c1cccs1)N1CCNCC1.Cl. The number of nitrogens with zero attached hydrogens (tertiary/aromatic N) is 1. The van der Waals surface area contributed by atoms with E-state index in [9.17, 15) is 4.39 Å². The molecule has 1 atom stereocenters. The summed E-state index contributed by atoms with van der Waals surface area (Å²) in [7, 11) is 1.60. The molecule has 1 saturated heterocycles. The highest BCUT2D eigenvalue weighted by atomic mass is 35.5. The van der Waals surface area contributed by atoms with Gasteiger partial charge >= 0.3 is 0 Å². The Labute approximate surface area is 140 Å². The Hall–Kier alpha value is -1.14. The van der Waals surface area contributed by atoms with Crippen molar-refractivity contribution < 1.29 is 9.13 Å². The number of halogens is 2. The van der Waals surface area contributed by atoms with Crippen LogP contribution in [0.1, 0.15) is 16.5 Å². The van der Waals surface area contributed by atoms with Gasteiger partial charge < -0.3 is 10.1 Å². The molecule has 2 aromatic rings. The molecule has 1 aliphatic heterocycles. The van der Waals surface area contributed by atoms with Gasteiger partial charge in [-0.3, -0.25) is 4.90 Å². The molecular formula is C16H20ClFN2OS. The van der Waals surface area contributed by atoms with Crippen molar-refractivity contribution in [2.75, 3.05) is 33.3 Å². The number of hydrogen-bond acceptors (Lipinski definition) is 4. The van der Waals surface area contributed by atoms with Gasteiger partial charge in [-0.05, 0) is 17.5 Å². The lowest BCUT2D eigenvalue weighted by atomic mass is 10.0. The van der Waals surface area contributed by atoms with Crippen molar-refractivity contribution in [3.05, 3.63) is 52.0 Å². The molecule has 6 heteroatoms. The zero-order valence-electron chi connectivity index (χ0n) is 12.4. The summed E-state index contributed by atoms with van der Waals surface area (Å²) in [6.07, 6.45) is 0. The van der Waals surface area contributed by atoms with Crippen molar-refractivity contribution in [2.45, 2.75) is 6.04 Å². The lowest BCUT2D eigenvalue weighted by Gasteiger charge is -2.35. The third-order valence-electron chi connectivity index (χ3n) is 3.82. The Morgan fingerprint density at radius 2 is 2.05 bits per heavy atom. The van der Waals surface area contributed by atoms with Crippen molar-refractivity contribution in [2.24, 2.45) is 0 Å². The van der Waals surface area contributed by atoms with Gasteiger partial charge in [0.1, 0.15) is 11.6 Å². The largest absolute Gasteiger partial charge is 0.496 e. The second-order valence-corrected chi connectivity index (χ2v) is 6.07. The first kappa shape index (κ1) is 17.2. The highest BCUT2D eigenvalue weighted by molar-refractivity contribution is 7.10. The van der Waals surface area contributed by atoms with Gasteiger partial charge in [-0.15, -0.1) is 23.7 Å². The average Bonchev–Trinajstić information content (AvgIpc) is 3.04. The van der Waals surface area contributed by atoms with Crippen LogP contribution in [-0.2, 0) is 0 Å². The van der Waals surface area contributed by atoms with E-state index in [-0.39, 0.29) is 24.3 Å². The molecule has 0 spiro atoms. The first-order valence-electron chi connectivity index (χ1n) is 7.11. The summed E-state index contributed by atoms with van der Waals surface area (Å²) >= 11 is 1.73. The number of methoxy groups -OCH3 is 1. The maximum absolute atomic E-state index is 13.5. The summed E-state index contributed by atoms with van der Waals surface area (Å²) in [5, 5.41) is 5.46. The van der Waals surface area contributed by atoms with Gasteiger partial charge in [-0.25, -0.2) is 4.39 Å². The standard InChI is InChI=1S/C16H19FN2OS.ClH/c1-20-14-11-12(17)4-5-13(14)16(15-3-2-10-21-15)19-8-6-18-7-9-19;/h2-5,10-11,16,18H,6-9H2,1H3;1H/t16-;/m1./s1. The van der Waals surface area contributed by atoms with Crippen LogP contribution < -0.4 is 10.1 Å². The van der Waals surface area contributed by atoms with Crippen molar-refractivity contribution >= 4 is 23.7 Å². The Balaban J connectivity index is 0.00000176. The minimum Gasteiger partial charge on any atom is -0.496 e. The molecule has 1 aliphatic rings. The van der Waals surface area contributed by atoms with E-state index in [0.29, 0.717) is 5.75 Å². The lowest BCUT2D eigenvalue weighted by Crippen LogP contribution is -2.45. The van der Waals surface area contributed by atoms with Crippen LogP contribution in [0.5, 0.6) is 5.75 Å². The quantitative estimate of drug-likeness (QED) is 0.922. The highest BCUT2D eigenvalue weighted by Crippen LogP contribution is 2.37.